The molecular formula is C15H13BrOS. The Morgan fingerprint density at radius 2 is 1.83 bits per heavy atom. The van der Waals surface area contributed by atoms with Crippen LogP contribution in [0, 0.1) is 0 Å². The number of carbonyl (C=O) groups excluding carboxylic acids is 1. The first-order valence-corrected chi connectivity index (χ1v) is 7.77. The molecule has 0 spiro atoms. The minimum atomic E-state index is 0.138. The molecule has 1 aromatic carbocycles. The first-order valence-electron chi connectivity index (χ1n) is 6.16. The van der Waals surface area contributed by atoms with Gasteiger partial charge in [0, 0.05) is 5.56 Å². The van der Waals surface area contributed by atoms with Gasteiger partial charge in [0.2, 0.25) is 5.78 Å². The molecule has 1 heterocycles. The summed E-state index contributed by atoms with van der Waals surface area (Å²) >= 11 is 4.89. The molecule has 18 heavy (non-hydrogen) atoms. The quantitative estimate of drug-likeness (QED) is 0.738. The van der Waals surface area contributed by atoms with Crippen LogP contribution in [0.15, 0.2) is 34.1 Å². The van der Waals surface area contributed by atoms with Crippen molar-refractivity contribution in [3.8, 4) is 0 Å². The summed E-state index contributed by atoms with van der Waals surface area (Å²) in [6, 6.07) is 10.0. The summed E-state index contributed by atoms with van der Waals surface area (Å²) in [4.78, 5) is 13.1. The van der Waals surface area contributed by atoms with E-state index in [4.69, 9.17) is 0 Å². The lowest BCUT2D eigenvalue weighted by Crippen LogP contribution is -2.06. The third kappa shape index (κ3) is 2.29. The molecule has 1 aromatic heterocycles. The van der Waals surface area contributed by atoms with Crippen LogP contribution in [0.25, 0.3) is 0 Å². The van der Waals surface area contributed by atoms with Crippen molar-refractivity contribution in [3.63, 3.8) is 0 Å². The summed E-state index contributed by atoms with van der Waals surface area (Å²) in [5.41, 5.74) is 3.61. The second-order valence-corrected chi connectivity index (χ2v) is 7.09. The molecule has 2 aromatic rings. The molecule has 0 saturated heterocycles. The van der Waals surface area contributed by atoms with Crippen molar-refractivity contribution in [2.75, 3.05) is 0 Å². The molecular weight excluding hydrogens is 308 g/mol. The Hall–Kier alpha value is -0.930. The molecule has 0 amide bonds. The zero-order valence-corrected chi connectivity index (χ0v) is 12.3. The van der Waals surface area contributed by atoms with Crippen LogP contribution in [0.5, 0.6) is 0 Å². The first-order chi connectivity index (χ1) is 8.74. The lowest BCUT2D eigenvalue weighted by atomic mass is 9.89. The maximum Gasteiger partial charge on any atom is 0.202 e. The van der Waals surface area contributed by atoms with E-state index in [2.05, 4.69) is 28.1 Å². The number of ketones is 1. The second kappa shape index (κ2) is 4.98. The number of benzene rings is 1. The van der Waals surface area contributed by atoms with Gasteiger partial charge >= 0.3 is 0 Å². The van der Waals surface area contributed by atoms with Crippen LogP contribution in [0.3, 0.4) is 0 Å². The Morgan fingerprint density at radius 1 is 1.06 bits per heavy atom. The largest absolute Gasteiger partial charge is 0.288 e. The van der Waals surface area contributed by atoms with Crippen molar-refractivity contribution in [1.29, 1.82) is 0 Å². The minimum Gasteiger partial charge on any atom is -0.288 e. The summed E-state index contributed by atoms with van der Waals surface area (Å²) in [6.45, 7) is 0. The molecule has 3 rings (SSSR count). The number of fused-ring (bicyclic) bond motifs is 1. The molecule has 0 atom stereocenters. The Balaban J connectivity index is 1.95. The normalized spacial score (nSPS) is 14.3. The molecule has 0 saturated carbocycles. The van der Waals surface area contributed by atoms with Crippen LogP contribution < -0.4 is 0 Å². The van der Waals surface area contributed by atoms with Crippen LogP contribution in [0.4, 0.5) is 0 Å². The molecule has 0 unspecified atom stereocenters. The number of rotatable bonds is 2. The van der Waals surface area contributed by atoms with Gasteiger partial charge < -0.3 is 0 Å². The van der Waals surface area contributed by atoms with E-state index in [0.29, 0.717) is 0 Å². The summed E-state index contributed by atoms with van der Waals surface area (Å²) in [6.07, 6.45) is 4.80. The van der Waals surface area contributed by atoms with Gasteiger partial charge in [0.1, 0.15) is 0 Å². The maximum atomic E-state index is 12.3. The van der Waals surface area contributed by atoms with E-state index >= 15 is 0 Å². The van der Waals surface area contributed by atoms with Gasteiger partial charge in [0.05, 0.1) is 8.66 Å². The van der Waals surface area contributed by atoms with E-state index in [9.17, 15) is 4.79 Å². The fraction of sp³-hybridized carbons (Fsp3) is 0.267. The Kier molecular flexibility index (Phi) is 3.35. The van der Waals surface area contributed by atoms with Crippen molar-refractivity contribution in [3.05, 3.63) is 55.7 Å². The van der Waals surface area contributed by atoms with Crippen molar-refractivity contribution in [2.24, 2.45) is 0 Å². The van der Waals surface area contributed by atoms with Crippen LogP contribution >= 0.6 is 27.3 Å². The SMILES string of the molecule is O=C(c1ccc2c(c1)CCCC2)c1ccc(Br)s1. The van der Waals surface area contributed by atoms with E-state index < -0.39 is 0 Å². The third-order valence-electron chi connectivity index (χ3n) is 3.41. The lowest BCUT2D eigenvalue weighted by molar-refractivity contribution is 0.104. The van der Waals surface area contributed by atoms with Crippen LogP contribution in [0.1, 0.15) is 39.2 Å². The summed E-state index contributed by atoms with van der Waals surface area (Å²) in [7, 11) is 0. The average Bonchev–Trinajstić information content (AvgIpc) is 2.84. The number of hydrogen-bond donors (Lipinski definition) is 0. The van der Waals surface area contributed by atoms with E-state index in [1.807, 2.05) is 18.2 Å². The third-order valence-corrected chi connectivity index (χ3v) is 5.03. The second-order valence-electron chi connectivity index (χ2n) is 4.62. The van der Waals surface area contributed by atoms with Crippen molar-refractivity contribution in [2.45, 2.75) is 25.7 Å². The Morgan fingerprint density at radius 3 is 2.56 bits per heavy atom. The number of carbonyl (C=O) groups is 1. The van der Waals surface area contributed by atoms with Gasteiger partial charge in [0.25, 0.3) is 0 Å². The van der Waals surface area contributed by atoms with Crippen molar-refractivity contribution in [1.82, 2.24) is 0 Å². The molecule has 1 nitrogen and oxygen atoms in total. The molecule has 0 N–H and O–H groups in total. The predicted octanol–water partition coefficient (Wildman–Crippen LogP) is 4.62. The molecule has 0 radical (unpaired) electrons. The number of aryl methyl sites for hydroxylation is 2. The highest BCUT2D eigenvalue weighted by Crippen LogP contribution is 2.27. The average molecular weight is 321 g/mol. The zero-order chi connectivity index (χ0) is 12.5. The van der Waals surface area contributed by atoms with Crippen LogP contribution in [-0.2, 0) is 12.8 Å². The van der Waals surface area contributed by atoms with Crippen LogP contribution in [0.2, 0.25) is 0 Å². The maximum absolute atomic E-state index is 12.3. The zero-order valence-electron chi connectivity index (χ0n) is 9.91. The summed E-state index contributed by atoms with van der Waals surface area (Å²) in [5, 5.41) is 0. The Labute approximate surface area is 119 Å². The van der Waals surface area contributed by atoms with Gasteiger partial charge in [-0.15, -0.1) is 11.3 Å². The number of hydrogen-bond acceptors (Lipinski definition) is 2. The molecule has 92 valence electrons. The topological polar surface area (TPSA) is 17.1 Å². The smallest absolute Gasteiger partial charge is 0.202 e. The standard InChI is InChI=1S/C15H13BrOS/c16-14-8-7-13(18-14)15(17)12-6-5-10-3-1-2-4-11(10)9-12/h5-9H,1-4H2. The number of thiophene rings is 1. The molecule has 0 aliphatic heterocycles. The highest BCUT2D eigenvalue weighted by Gasteiger charge is 2.15. The summed E-state index contributed by atoms with van der Waals surface area (Å²) < 4.78 is 1.00. The van der Waals surface area contributed by atoms with Gasteiger partial charge in [-0.25, -0.2) is 0 Å². The van der Waals surface area contributed by atoms with Crippen molar-refractivity contribution < 1.29 is 4.79 Å². The molecule has 3 heteroatoms. The molecule has 0 fully saturated rings. The van der Waals surface area contributed by atoms with E-state index in [1.165, 1.54) is 35.3 Å². The fourth-order valence-corrected chi connectivity index (χ4v) is 3.80. The van der Waals surface area contributed by atoms with E-state index in [0.717, 1.165) is 27.1 Å². The van der Waals surface area contributed by atoms with Gasteiger partial charge in [-0.3, -0.25) is 4.79 Å². The van der Waals surface area contributed by atoms with Gasteiger partial charge in [-0.2, -0.15) is 0 Å². The Bertz CT molecular complexity index is 600. The molecule has 0 bridgehead atoms. The molecule has 1 aliphatic carbocycles. The van der Waals surface area contributed by atoms with Gasteiger partial charge in [-0.1, -0.05) is 12.1 Å². The van der Waals surface area contributed by atoms with Gasteiger partial charge in [-0.05, 0) is 70.9 Å². The summed E-state index contributed by atoms with van der Waals surface area (Å²) in [5.74, 6) is 0.138. The van der Waals surface area contributed by atoms with E-state index in [1.54, 1.807) is 0 Å². The predicted molar refractivity (Wildman–Crippen MR) is 78.5 cm³/mol. The van der Waals surface area contributed by atoms with Crippen molar-refractivity contribution >= 4 is 33.0 Å². The first kappa shape index (κ1) is 12.1. The van der Waals surface area contributed by atoms with Gasteiger partial charge in [0.15, 0.2) is 0 Å². The minimum absolute atomic E-state index is 0.138. The van der Waals surface area contributed by atoms with E-state index in [-0.39, 0.29) is 5.78 Å². The lowest BCUT2D eigenvalue weighted by Gasteiger charge is -2.16. The number of halogens is 1. The highest BCUT2D eigenvalue weighted by molar-refractivity contribution is 9.11. The molecule has 1 aliphatic rings. The highest BCUT2D eigenvalue weighted by atomic mass is 79.9. The van der Waals surface area contributed by atoms with Crippen LogP contribution in [-0.4, -0.2) is 5.78 Å². The fourth-order valence-electron chi connectivity index (χ4n) is 2.45. The monoisotopic (exact) mass is 320 g/mol.